The largest absolute Gasteiger partial charge is 0.450 e. The van der Waals surface area contributed by atoms with E-state index in [9.17, 15) is 43.8 Å². The highest BCUT2D eigenvalue weighted by Gasteiger charge is 2.76. The molecule has 11 atom stereocenters. The van der Waals surface area contributed by atoms with Crippen LogP contribution in [0.3, 0.4) is 0 Å². The van der Waals surface area contributed by atoms with Gasteiger partial charge >= 0.3 is 5.97 Å². The average Bonchev–Trinajstić information content (AvgIpc) is 3.56. The van der Waals surface area contributed by atoms with E-state index in [0.717, 1.165) is 10.5 Å². The van der Waals surface area contributed by atoms with Crippen LogP contribution in [-0.4, -0.2) is 111 Å². The van der Waals surface area contributed by atoms with E-state index in [-0.39, 0.29) is 43.4 Å². The van der Waals surface area contributed by atoms with Gasteiger partial charge in [0.05, 0.1) is 11.0 Å². The summed E-state index contributed by atoms with van der Waals surface area (Å²) in [5.74, 6) is -4.41. The maximum Gasteiger partial charge on any atom is 0.306 e. The van der Waals surface area contributed by atoms with Gasteiger partial charge in [0.25, 0.3) is 0 Å². The van der Waals surface area contributed by atoms with E-state index in [4.69, 9.17) is 21.1 Å². The Labute approximate surface area is 325 Å². The molecule has 0 aromatic carbocycles. The average molecular weight is 789 g/mol. The van der Waals surface area contributed by atoms with Crippen LogP contribution >= 0.6 is 11.6 Å². The number of amides is 4. The number of carbonyl (C=O) groups is 7. The van der Waals surface area contributed by atoms with Crippen LogP contribution in [0.25, 0.3) is 0 Å². The molecule has 4 aliphatic carbocycles. The fraction of sp³-hybridized carbons (Fsp3) is 0.667. The summed E-state index contributed by atoms with van der Waals surface area (Å²) in [7, 11) is 0. The number of rotatable bonds is 14. The Bertz CT molecular complexity index is 1710. The van der Waals surface area contributed by atoms with Crippen LogP contribution in [-0.2, 0) is 43.0 Å². The molecule has 0 saturated heterocycles. The number of alkyl halides is 1. The monoisotopic (exact) mass is 788 g/mol. The van der Waals surface area contributed by atoms with Crippen molar-refractivity contribution in [2.45, 2.75) is 115 Å². The Kier molecular flexibility index (Phi) is 12.2. The number of allylic oxidation sites excluding steroid dienone is 4. The summed E-state index contributed by atoms with van der Waals surface area (Å²) < 4.78 is 11.8. The normalized spacial score (nSPS) is 35.8. The summed E-state index contributed by atoms with van der Waals surface area (Å²) in [5, 5.41) is 29.3. The number of nitrogens with one attached hydrogen (secondary N) is 3. The van der Waals surface area contributed by atoms with E-state index in [2.05, 4.69) is 16.0 Å². The molecular weight excluding hydrogens is 736 g/mol. The first-order valence-electron chi connectivity index (χ1n) is 18.9. The fourth-order valence-corrected chi connectivity index (χ4v) is 10.4. The molecule has 1 aliphatic heterocycles. The zero-order chi connectivity index (χ0) is 40.7. The number of esters is 1. The molecule has 15 nitrogen and oxygen atoms in total. The van der Waals surface area contributed by atoms with Crippen molar-refractivity contribution in [3.63, 3.8) is 0 Å². The third-order valence-electron chi connectivity index (χ3n) is 12.9. The summed E-state index contributed by atoms with van der Waals surface area (Å²) >= 11 is 7.57. The van der Waals surface area contributed by atoms with E-state index < -0.39 is 100 Å². The number of fused-ring (bicyclic) bond motifs is 5. The number of hydrogen-bond acceptors (Lipinski definition) is 11. The van der Waals surface area contributed by atoms with Gasteiger partial charge in [-0.1, -0.05) is 39.3 Å². The Hall–Kier alpha value is -3.92. The predicted molar refractivity (Wildman–Crippen MR) is 197 cm³/mol. The van der Waals surface area contributed by atoms with Crippen LogP contribution in [0.4, 0.5) is 0 Å². The van der Waals surface area contributed by atoms with Crippen LogP contribution in [0.2, 0.25) is 0 Å². The number of halogens is 1. The van der Waals surface area contributed by atoms with Gasteiger partial charge in [0, 0.05) is 42.2 Å². The number of aliphatic hydroxyl groups is 2. The SMILES string of the molecule is CCC(=O)O[C@]1(C(=O)COCNC(=O)[C@H](C)NC(=O)[C@H](C)NC(=O)CCN2C(=O)C=CC2O)[C@@H](C)CC2[C@@H]3CCC4=CC(=O)C=C[C@]4(C)[C@@]3(Cl)[C@@H](O)C[C@@]21C. The molecule has 16 heteroatoms. The van der Waals surface area contributed by atoms with Crippen LogP contribution < -0.4 is 16.0 Å². The topological polar surface area (TPSA) is 218 Å². The van der Waals surface area contributed by atoms with Gasteiger partial charge in [-0.2, -0.15) is 0 Å². The van der Waals surface area contributed by atoms with Crippen molar-refractivity contribution in [2.75, 3.05) is 19.9 Å². The molecule has 5 N–H and O–H groups in total. The first-order valence-corrected chi connectivity index (χ1v) is 19.3. The third kappa shape index (κ3) is 7.28. The van der Waals surface area contributed by atoms with E-state index in [1.807, 2.05) is 20.8 Å². The maximum atomic E-state index is 14.4. The van der Waals surface area contributed by atoms with Crippen LogP contribution in [0.5, 0.6) is 0 Å². The molecule has 55 heavy (non-hydrogen) atoms. The molecule has 4 amide bonds. The molecule has 2 unspecified atom stereocenters. The van der Waals surface area contributed by atoms with Crippen LogP contribution in [0, 0.1) is 28.6 Å². The first kappa shape index (κ1) is 42.2. The van der Waals surface area contributed by atoms with Crippen molar-refractivity contribution < 1.29 is 53.2 Å². The molecule has 0 spiro atoms. The van der Waals surface area contributed by atoms with Gasteiger partial charge in [-0.3, -0.25) is 33.6 Å². The standard InChI is InChI=1S/C39H53ClN4O11/c1-7-33(51)55-39(21(2)16-27-26-9-8-24-17-25(45)12-14-36(24,5)38(26,40)28(46)18-37(27,39)6)29(47)19-54-20-41-34(52)22(3)43-35(53)23(4)42-30(48)13-15-44-31(49)10-11-32(44)50/h10-12,14,17,21-23,26-28,31,46,49H,7-9,13,15-16,18-20H2,1-6H3,(H,41,52)(H,42,48)(H,43,53)/t21-,22-,23-,26-,27?,28-,31?,36-,37-,38-,39-/m0/s1. The number of carbonyl (C=O) groups excluding carboxylic acids is 7. The quantitative estimate of drug-likeness (QED) is 0.0733. The van der Waals surface area contributed by atoms with Gasteiger partial charge in [0.2, 0.25) is 29.4 Å². The summed E-state index contributed by atoms with van der Waals surface area (Å²) in [5.41, 5.74) is -2.61. The predicted octanol–water partition coefficient (Wildman–Crippen LogP) is 1.34. The number of nitrogens with zero attached hydrogens (tertiary/aromatic N) is 1. The van der Waals surface area contributed by atoms with Crippen molar-refractivity contribution in [3.8, 4) is 0 Å². The molecule has 0 aromatic heterocycles. The van der Waals surface area contributed by atoms with Gasteiger partial charge in [0.1, 0.15) is 31.6 Å². The lowest BCUT2D eigenvalue weighted by Gasteiger charge is -2.64. The Morgan fingerprint density at radius 3 is 2.38 bits per heavy atom. The van der Waals surface area contributed by atoms with Gasteiger partial charge in [-0.15, -0.1) is 11.6 Å². The number of hydrogen-bond donors (Lipinski definition) is 5. The fourth-order valence-electron chi connectivity index (χ4n) is 9.92. The second kappa shape index (κ2) is 15.9. The first-order chi connectivity index (χ1) is 25.8. The van der Waals surface area contributed by atoms with Gasteiger partial charge < -0.3 is 40.5 Å². The summed E-state index contributed by atoms with van der Waals surface area (Å²) in [6.07, 6.45) is 6.75. The van der Waals surface area contributed by atoms with Gasteiger partial charge in [-0.05, 0) is 69.6 Å². The number of ether oxygens (including phenoxy) is 2. The molecule has 0 bridgehead atoms. The molecule has 3 fully saturated rings. The van der Waals surface area contributed by atoms with Crippen molar-refractivity contribution in [3.05, 3.63) is 36.0 Å². The molecule has 5 rings (SSSR count). The smallest absolute Gasteiger partial charge is 0.306 e. The number of ketones is 2. The van der Waals surface area contributed by atoms with Crippen molar-refractivity contribution in [1.29, 1.82) is 0 Å². The zero-order valence-electron chi connectivity index (χ0n) is 32.2. The summed E-state index contributed by atoms with van der Waals surface area (Å²) in [6, 6.07) is -2.07. The molecule has 1 heterocycles. The van der Waals surface area contributed by atoms with Gasteiger partial charge in [-0.25, -0.2) is 0 Å². The Balaban J connectivity index is 1.19. The minimum absolute atomic E-state index is 0.0171. The Morgan fingerprint density at radius 1 is 1.04 bits per heavy atom. The van der Waals surface area contributed by atoms with Crippen molar-refractivity contribution in [1.82, 2.24) is 20.9 Å². The lowest BCUT2D eigenvalue weighted by atomic mass is 9.45. The number of aliphatic hydroxyl groups excluding tert-OH is 2. The third-order valence-corrected chi connectivity index (χ3v) is 13.8. The molecule has 0 radical (unpaired) electrons. The van der Waals surface area contributed by atoms with E-state index in [1.54, 1.807) is 19.1 Å². The molecule has 3 saturated carbocycles. The van der Waals surface area contributed by atoms with Crippen molar-refractivity contribution in [2.24, 2.45) is 28.6 Å². The molecule has 0 aromatic rings. The summed E-state index contributed by atoms with van der Waals surface area (Å²) in [4.78, 5) is 89.3. The van der Waals surface area contributed by atoms with Crippen molar-refractivity contribution >= 4 is 52.8 Å². The molecule has 302 valence electrons. The molecule has 5 aliphatic rings. The molecular formula is C39H53ClN4O11. The minimum Gasteiger partial charge on any atom is -0.450 e. The van der Waals surface area contributed by atoms with Gasteiger partial charge in [0.15, 0.2) is 11.4 Å². The highest BCUT2D eigenvalue weighted by Crippen LogP contribution is 2.72. The second-order valence-corrected chi connectivity index (χ2v) is 16.6. The van der Waals surface area contributed by atoms with Crippen LogP contribution in [0.15, 0.2) is 36.0 Å². The van der Waals surface area contributed by atoms with Crippen LogP contribution in [0.1, 0.15) is 80.1 Å². The highest BCUT2D eigenvalue weighted by molar-refractivity contribution is 6.26. The lowest BCUT2D eigenvalue weighted by molar-refractivity contribution is -0.203. The maximum absolute atomic E-state index is 14.4. The minimum atomic E-state index is -1.66. The highest BCUT2D eigenvalue weighted by atomic mass is 35.5. The van der Waals surface area contributed by atoms with E-state index in [0.29, 0.717) is 19.3 Å². The Morgan fingerprint density at radius 2 is 1.73 bits per heavy atom. The number of Topliss-reactive ketones (excluding diaryl/α,β-unsaturated/α-hetero) is 1. The lowest BCUT2D eigenvalue weighted by Crippen LogP contribution is -2.69. The summed E-state index contributed by atoms with van der Waals surface area (Å²) in [6.45, 7) is 9.19. The van der Waals surface area contributed by atoms with E-state index in [1.165, 1.54) is 32.1 Å². The van der Waals surface area contributed by atoms with E-state index >= 15 is 0 Å². The zero-order valence-corrected chi connectivity index (χ0v) is 32.9. The second-order valence-electron chi connectivity index (χ2n) is 16.0.